The second-order valence-corrected chi connectivity index (χ2v) is 5.85. The maximum Gasteiger partial charge on any atom is 0.138 e. The smallest absolute Gasteiger partial charge is 0.138 e. The van der Waals surface area contributed by atoms with Crippen LogP contribution in [-0.4, -0.2) is 27.9 Å². The third kappa shape index (κ3) is 4.05. The summed E-state index contributed by atoms with van der Waals surface area (Å²) in [4.78, 5) is 4.42. The first-order chi connectivity index (χ1) is 10.1. The van der Waals surface area contributed by atoms with Gasteiger partial charge in [-0.25, -0.2) is 9.67 Å². The quantitative estimate of drug-likeness (QED) is 0.852. The predicted molar refractivity (Wildman–Crippen MR) is 86.8 cm³/mol. The highest BCUT2D eigenvalue weighted by Gasteiger charge is 2.18. The first-order valence-corrected chi connectivity index (χ1v) is 7.84. The van der Waals surface area contributed by atoms with Crippen LogP contribution in [0.3, 0.4) is 0 Å². The monoisotopic (exact) mass is 306 g/mol. The van der Waals surface area contributed by atoms with E-state index in [2.05, 4.69) is 42.2 Å². The molecule has 0 fully saturated rings. The standard InChI is InChI=1S/C16H23ClN4/c1-4-18-10-13(14-7-5-6-8-15(14)17)9-16-19-11-20-21(16)12(2)3/h5-8,11-13,18H,4,9-10H2,1-3H3. The van der Waals surface area contributed by atoms with Crippen LogP contribution < -0.4 is 5.32 Å². The average molecular weight is 307 g/mol. The number of hydrogen-bond acceptors (Lipinski definition) is 3. The Morgan fingerprint density at radius 2 is 2.05 bits per heavy atom. The largest absolute Gasteiger partial charge is 0.316 e. The molecule has 1 heterocycles. The number of hydrogen-bond donors (Lipinski definition) is 1. The van der Waals surface area contributed by atoms with Crippen molar-refractivity contribution in [3.8, 4) is 0 Å². The molecule has 1 N–H and O–H groups in total. The van der Waals surface area contributed by atoms with Crippen LogP contribution in [0.4, 0.5) is 0 Å². The Morgan fingerprint density at radius 1 is 1.29 bits per heavy atom. The number of likely N-dealkylation sites (N-methyl/N-ethyl adjacent to an activating group) is 1. The van der Waals surface area contributed by atoms with Crippen LogP contribution in [0.5, 0.6) is 0 Å². The zero-order chi connectivity index (χ0) is 15.2. The molecule has 0 aliphatic rings. The van der Waals surface area contributed by atoms with Crippen molar-refractivity contribution in [1.82, 2.24) is 20.1 Å². The fourth-order valence-electron chi connectivity index (χ4n) is 2.49. The molecule has 4 nitrogen and oxygen atoms in total. The SMILES string of the molecule is CCNCC(Cc1ncnn1C(C)C)c1ccccc1Cl. The van der Waals surface area contributed by atoms with Crippen molar-refractivity contribution in [2.45, 2.75) is 39.2 Å². The van der Waals surface area contributed by atoms with E-state index in [9.17, 15) is 0 Å². The van der Waals surface area contributed by atoms with Crippen LogP contribution >= 0.6 is 11.6 Å². The molecule has 21 heavy (non-hydrogen) atoms. The van der Waals surface area contributed by atoms with Gasteiger partial charge in [0.2, 0.25) is 0 Å². The van der Waals surface area contributed by atoms with E-state index >= 15 is 0 Å². The molecule has 2 aromatic rings. The van der Waals surface area contributed by atoms with E-state index in [-0.39, 0.29) is 0 Å². The average Bonchev–Trinajstić information content (AvgIpc) is 2.92. The van der Waals surface area contributed by atoms with E-state index in [4.69, 9.17) is 11.6 Å². The van der Waals surface area contributed by atoms with Crippen LogP contribution in [0.2, 0.25) is 5.02 Å². The summed E-state index contributed by atoms with van der Waals surface area (Å²) in [7, 11) is 0. The first-order valence-electron chi connectivity index (χ1n) is 7.47. The lowest BCUT2D eigenvalue weighted by Crippen LogP contribution is -2.24. The van der Waals surface area contributed by atoms with E-state index < -0.39 is 0 Å². The highest BCUT2D eigenvalue weighted by atomic mass is 35.5. The molecule has 0 radical (unpaired) electrons. The third-order valence-corrected chi connectivity index (χ3v) is 3.90. The van der Waals surface area contributed by atoms with Gasteiger partial charge in [-0.2, -0.15) is 5.10 Å². The van der Waals surface area contributed by atoms with Crippen molar-refractivity contribution in [1.29, 1.82) is 0 Å². The van der Waals surface area contributed by atoms with Gasteiger partial charge in [0, 0.05) is 29.9 Å². The Balaban J connectivity index is 2.24. The van der Waals surface area contributed by atoms with Gasteiger partial charge in [-0.05, 0) is 32.0 Å². The van der Waals surface area contributed by atoms with Crippen molar-refractivity contribution in [3.63, 3.8) is 0 Å². The maximum absolute atomic E-state index is 6.37. The molecule has 0 amide bonds. The maximum atomic E-state index is 6.37. The Bertz CT molecular complexity index is 565. The molecular weight excluding hydrogens is 284 g/mol. The van der Waals surface area contributed by atoms with Gasteiger partial charge in [0.25, 0.3) is 0 Å². The Hall–Kier alpha value is -1.39. The van der Waals surface area contributed by atoms with Crippen LogP contribution in [0.15, 0.2) is 30.6 Å². The molecule has 5 heteroatoms. The summed E-state index contributed by atoms with van der Waals surface area (Å²) >= 11 is 6.37. The zero-order valence-electron chi connectivity index (χ0n) is 12.9. The molecule has 1 unspecified atom stereocenters. The van der Waals surface area contributed by atoms with Crippen LogP contribution in [0.1, 0.15) is 44.1 Å². The van der Waals surface area contributed by atoms with E-state index in [1.165, 1.54) is 5.56 Å². The molecule has 1 aromatic carbocycles. The molecule has 1 aromatic heterocycles. The van der Waals surface area contributed by atoms with Gasteiger partial charge in [-0.15, -0.1) is 0 Å². The molecule has 0 saturated carbocycles. The third-order valence-electron chi connectivity index (χ3n) is 3.55. The number of halogens is 1. The molecule has 0 spiro atoms. The van der Waals surface area contributed by atoms with Crippen molar-refractivity contribution in [3.05, 3.63) is 47.0 Å². The van der Waals surface area contributed by atoms with Crippen molar-refractivity contribution in [2.75, 3.05) is 13.1 Å². The van der Waals surface area contributed by atoms with Gasteiger partial charge >= 0.3 is 0 Å². The number of nitrogens with one attached hydrogen (secondary N) is 1. The topological polar surface area (TPSA) is 42.7 Å². The second kappa shape index (κ2) is 7.57. The predicted octanol–water partition coefficient (Wildman–Crippen LogP) is 3.45. The lowest BCUT2D eigenvalue weighted by atomic mass is 9.95. The van der Waals surface area contributed by atoms with Gasteiger partial charge < -0.3 is 5.32 Å². The Morgan fingerprint density at radius 3 is 2.71 bits per heavy atom. The summed E-state index contributed by atoms with van der Waals surface area (Å²) in [5.41, 5.74) is 1.17. The molecule has 1 atom stereocenters. The molecule has 0 saturated heterocycles. The van der Waals surface area contributed by atoms with E-state index in [1.807, 2.05) is 22.9 Å². The lowest BCUT2D eigenvalue weighted by molar-refractivity contribution is 0.484. The van der Waals surface area contributed by atoms with Crippen molar-refractivity contribution in [2.24, 2.45) is 0 Å². The minimum Gasteiger partial charge on any atom is -0.316 e. The van der Waals surface area contributed by atoms with Gasteiger partial charge in [-0.1, -0.05) is 36.7 Å². The number of benzene rings is 1. The van der Waals surface area contributed by atoms with E-state index in [0.29, 0.717) is 12.0 Å². The van der Waals surface area contributed by atoms with E-state index in [0.717, 1.165) is 30.4 Å². The highest BCUT2D eigenvalue weighted by Crippen LogP contribution is 2.27. The summed E-state index contributed by atoms with van der Waals surface area (Å²) in [6, 6.07) is 8.36. The Labute approximate surface area is 131 Å². The molecule has 2 rings (SSSR count). The number of nitrogens with zero attached hydrogens (tertiary/aromatic N) is 3. The summed E-state index contributed by atoms with van der Waals surface area (Å²) in [5.74, 6) is 1.30. The van der Waals surface area contributed by atoms with Crippen LogP contribution in [0.25, 0.3) is 0 Å². The van der Waals surface area contributed by atoms with Gasteiger partial charge in [0.05, 0.1) is 0 Å². The van der Waals surface area contributed by atoms with Gasteiger partial charge in [-0.3, -0.25) is 0 Å². The molecule has 114 valence electrons. The summed E-state index contributed by atoms with van der Waals surface area (Å²) in [5, 5.41) is 8.55. The second-order valence-electron chi connectivity index (χ2n) is 5.44. The minimum absolute atomic E-state index is 0.292. The summed E-state index contributed by atoms with van der Waals surface area (Å²) in [6.07, 6.45) is 2.46. The Kier molecular flexibility index (Phi) is 5.76. The number of aromatic nitrogens is 3. The highest BCUT2D eigenvalue weighted by molar-refractivity contribution is 6.31. The van der Waals surface area contributed by atoms with Crippen LogP contribution in [-0.2, 0) is 6.42 Å². The molecule has 0 bridgehead atoms. The molecule has 0 aliphatic heterocycles. The van der Waals surface area contributed by atoms with Gasteiger partial charge in [0.15, 0.2) is 0 Å². The van der Waals surface area contributed by atoms with Crippen molar-refractivity contribution < 1.29 is 0 Å². The summed E-state index contributed by atoms with van der Waals surface area (Å²) < 4.78 is 1.98. The van der Waals surface area contributed by atoms with Crippen molar-refractivity contribution >= 4 is 11.6 Å². The molecule has 0 aliphatic carbocycles. The normalized spacial score (nSPS) is 12.8. The fourth-order valence-corrected chi connectivity index (χ4v) is 2.78. The van der Waals surface area contributed by atoms with Gasteiger partial charge in [0.1, 0.15) is 12.2 Å². The first kappa shape index (κ1) is 16.0. The zero-order valence-corrected chi connectivity index (χ0v) is 13.6. The fraction of sp³-hybridized carbons (Fsp3) is 0.500. The lowest BCUT2D eigenvalue weighted by Gasteiger charge is -2.20. The minimum atomic E-state index is 0.292. The van der Waals surface area contributed by atoms with Crippen LogP contribution in [0, 0.1) is 0 Å². The summed E-state index contributed by atoms with van der Waals surface area (Å²) in [6.45, 7) is 8.17. The molecular formula is C16H23ClN4. The number of rotatable bonds is 7. The van der Waals surface area contributed by atoms with E-state index in [1.54, 1.807) is 6.33 Å².